The van der Waals surface area contributed by atoms with Gasteiger partial charge in [0.2, 0.25) is 0 Å². The van der Waals surface area contributed by atoms with Gasteiger partial charge in [-0.25, -0.2) is 8.42 Å². The normalized spacial score (nSPS) is 11.3. The van der Waals surface area contributed by atoms with Gasteiger partial charge in [-0.3, -0.25) is 4.72 Å². The van der Waals surface area contributed by atoms with Crippen molar-refractivity contribution in [2.24, 2.45) is 0 Å². The third kappa shape index (κ3) is 3.73. The molecule has 0 aliphatic carbocycles. The first-order valence-electron chi connectivity index (χ1n) is 8.19. The summed E-state index contributed by atoms with van der Waals surface area (Å²) in [6.45, 7) is 0. The summed E-state index contributed by atoms with van der Waals surface area (Å²) in [6.07, 6.45) is 0. The van der Waals surface area contributed by atoms with Gasteiger partial charge in [-0.15, -0.1) is 0 Å². The first kappa shape index (κ1) is 17.0. The number of hydrogen-bond donors (Lipinski definition) is 1. The average molecular weight is 377 g/mol. The molecule has 4 rings (SSSR count). The van der Waals surface area contributed by atoms with Crippen LogP contribution in [0.25, 0.3) is 10.9 Å². The number of rotatable bonds is 5. The minimum atomic E-state index is -3.79. The van der Waals surface area contributed by atoms with Crippen LogP contribution in [0.1, 0.15) is 0 Å². The van der Waals surface area contributed by atoms with Crippen LogP contribution in [-0.2, 0) is 10.0 Å². The molecule has 0 aliphatic heterocycles. The Hall–Kier alpha value is -3.45. The number of fused-ring (bicyclic) bond motifs is 1. The molecule has 0 radical (unpaired) electrons. The second kappa shape index (κ2) is 7.05. The Morgan fingerprint density at radius 1 is 0.741 bits per heavy atom. The molecule has 0 bridgehead atoms. The second-order valence-electron chi connectivity index (χ2n) is 5.71. The van der Waals surface area contributed by atoms with E-state index < -0.39 is 10.0 Å². The Labute approximate surface area is 156 Å². The second-order valence-corrected chi connectivity index (χ2v) is 7.39. The molecular weight excluding hydrogens is 362 g/mol. The number of nitrogens with one attached hydrogen (secondary N) is 1. The smallest absolute Gasteiger partial charge is 0.324 e. The van der Waals surface area contributed by atoms with Gasteiger partial charge in [-0.05, 0) is 36.4 Å². The van der Waals surface area contributed by atoms with Crippen LogP contribution in [0.3, 0.4) is 0 Å². The van der Waals surface area contributed by atoms with Crippen molar-refractivity contribution in [3.05, 3.63) is 84.9 Å². The third-order valence-electron chi connectivity index (χ3n) is 3.82. The zero-order valence-corrected chi connectivity index (χ0v) is 14.9. The highest BCUT2D eigenvalue weighted by molar-refractivity contribution is 7.92. The number of hydrogen-bond acceptors (Lipinski definition) is 5. The van der Waals surface area contributed by atoms with Gasteiger partial charge in [0.25, 0.3) is 10.0 Å². The SMILES string of the molecule is O=S(=O)(Nc1nc(Oc2ccccc2)nc2ccccc12)c1ccccc1. The fourth-order valence-corrected chi connectivity index (χ4v) is 3.60. The lowest BCUT2D eigenvalue weighted by molar-refractivity contribution is 0.445. The highest BCUT2D eigenvalue weighted by Crippen LogP contribution is 2.27. The summed E-state index contributed by atoms with van der Waals surface area (Å²) in [5, 5.41) is 0.581. The van der Waals surface area contributed by atoms with Crippen LogP contribution in [-0.4, -0.2) is 18.4 Å². The van der Waals surface area contributed by atoms with E-state index in [0.29, 0.717) is 16.7 Å². The molecule has 6 nitrogen and oxygen atoms in total. The Kier molecular flexibility index (Phi) is 4.43. The fraction of sp³-hybridized carbons (Fsp3) is 0. The Morgan fingerprint density at radius 2 is 1.37 bits per heavy atom. The van der Waals surface area contributed by atoms with Crippen molar-refractivity contribution in [3.63, 3.8) is 0 Å². The molecule has 0 saturated heterocycles. The van der Waals surface area contributed by atoms with Crippen molar-refractivity contribution >= 4 is 26.7 Å². The van der Waals surface area contributed by atoms with Gasteiger partial charge in [0.1, 0.15) is 5.75 Å². The maximum absolute atomic E-state index is 12.7. The number of anilines is 1. The fourth-order valence-electron chi connectivity index (χ4n) is 2.56. The molecule has 27 heavy (non-hydrogen) atoms. The molecule has 0 unspecified atom stereocenters. The quantitative estimate of drug-likeness (QED) is 0.563. The van der Waals surface area contributed by atoms with Gasteiger partial charge >= 0.3 is 6.01 Å². The van der Waals surface area contributed by atoms with Crippen molar-refractivity contribution in [1.29, 1.82) is 0 Å². The average Bonchev–Trinajstić information content (AvgIpc) is 2.69. The van der Waals surface area contributed by atoms with Crippen molar-refractivity contribution in [3.8, 4) is 11.8 Å². The summed E-state index contributed by atoms with van der Waals surface area (Å²) < 4.78 is 33.6. The lowest BCUT2D eigenvalue weighted by atomic mass is 10.2. The Balaban J connectivity index is 1.77. The molecule has 1 heterocycles. The van der Waals surface area contributed by atoms with Crippen molar-refractivity contribution in [1.82, 2.24) is 9.97 Å². The van der Waals surface area contributed by atoms with E-state index in [2.05, 4.69) is 14.7 Å². The summed E-state index contributed by atoms with van der Waals surface area (Å²) in [6, 6.07) is 24.4. The summed E-state index contributed by atoms with van der Waals surface area (Å²) in [5.74, 6) is 0.722. The largest absolute Gasteiger partial charge is 0.424 e. The molecule has 0 amide bonds. The van der Waals surface area contributed by atoms with E-state index >= 15 is 0 Å². The molecule has 1 aromatic heterocycles. The predicted octanol–water partition coefficient (Wildman–Crippen LogP) is 4.22. The van der Waals surface area contributed by atoms with Gasteiger partial charge in [0.15, 0.2) is 5.82 Å². The van der Waals surface area contributed by atoms with Gasteiger partial charge in [0, 0.05) is 5.39 Å². The maximum Gasteiger partial charge on any atom is 0.324 e. The summed E-state index contributed by atoms with van der Waals surface area (Å²) in [7, 11) is -3.79. The monoisotopic (exact) mass is 377 g/mol. The minimum Gasteiger partial charge on any atom is -0.424 e. The van der Waals surface area contributed by atoms with Crippen LogP contribution in [0.15, 0.2) is 89.8 Å². The molecule has 134 valence electrons. The van der Waals surface area contributed by atoms with Crippen LogP contribution in [0.2, 0.25) is 0 Å². The van der Waals surface area contributed by atoms with Crippen LogP contribution < -0.4 is 9.46 Å². The Morgan fingerprint density at radius 3 is 2.11 bits per heavy atom. The highest BCUT2D eigenvalue weighted by atomic mass is 32.2. The van der Waals surface area contributed by atoms with Crippen LogP contribution in [0.5, 0.6) is 11.8 Å². The summed E-state index contributed by atoms with van der Waals surface area (Å²) in [5.41, 5.74) is 0.573. The molecule has 3 aromatic carbocycles. The van der Waals surface area contributed by atoms with Crippen LogP contribution in [0.4, 0.5) is 5.82 Å². The zero-order chi connectivity index (χ0) is 18.7. The van der Waals surface area contributed by atoms with E-state index in [1.54, 1.807) is 48.5 Å². The van der Waals surface area contributed by atoms with Gasteiger partial charge in [-0.1, -0.05) is 48.5 Å². The molecule has 0 atom stereocenters. The number of aromatic nitrogens is 2. The predicted molar refractivity (Wildman–Crippen MR) is 103 cm³/mol. The number of para-hydroxylation sites is 2. The summed E-state index contributed by atoms with van der Waals surface area (Å²) in [4.78, 5) is 8.80. The molecule has 4 aromatic rings. The van der Waals surface area contributed by atoms with Crippen molar-refractivity contribution in [2.45, 2.75) is 4.90 Å². The number of nitrogens with zero attached hydrogens (tertiary/aromatic N) is 2. The van der Waals surface area contributed by atoms with Crippen molar-refractivity contribution in [2.75, 3.05) is 4.72 Å². The standard InChI is InChI=1S/C20H15N3O3S/c24-27(25,16-11-5-2-6-12-16)23-19-17-13-7-8-14-18(17)21-20(22-19)26-15-9-3-1-4-10-15/h1-14H,(H,21,22,23). The Bertz CT molecular complexity index is 1180. The molecule has 0 spiro atoms. The zero-order valence-electron chi connectivity index (χ0n) is 14.1. The molecule has 0 fully saturated rings. The molecule has 1 N–H and O–H groups in total. The van der Waals surface area contributed by atoms with E-state index in [1.807, 2.05) is 24.3 Å². The molecule has 7 heteroatoms. The first-order chi connectivity index (χ1) is 13.1. The number of benzene rings is 3. The number of sulfonamides is 1. The van der Waals surface area contributed by atoms with E-state index in [4.69, 9.17) is 4.74 Å². The van der Waals surface area contributed by atoms with E-state index in [-0.39, 0.29) is 16.7 Å². The topological polar surface area (TPSA) is 81.2 Å². The first-order valence-corrected chi connectivity index (χ1v) is 9.68. The molecular formula is C20H15N3O3S. The van der Waals surface area contributed by atoms with Crippen LogP contribution >= 0.6 is 0 Å². The third-order valence-corrected chi connectivity index (χ3v) is 5.17. The lowest BCUT2D eigenvalue weighted by Crippen LogP contribution is -2.14. The van der Waals surface area contributed by atoms with Gasteiger partial charge < -0.3 is 4.74 Å². The van der Waals surface area contributed by atoms with Crippen molar-refractivity contribution < 1.29 is 13.2 Å². The minimum absolute atomic E-state index is 0.0608. The lowest BCUT2D eigenvalue weighted by Gasteiger charge is -2.11. The maximum atomic E-state index is 12.7. The van der Waals surface area contributed by atoms with E-state index in [9.17, 15) is 8.42 Å². The van der Waals surface area contributed by atoms with Gasteiger partial charge in [-0.2, -0.15) is 9.97 Å². The van der Waals surface area contributed by atoms with Gasteiger partial charge in [0.05, 0.1) is 10.4 Å². The van der Waals surface area contributed by atoms with Crippen LogP contribution in [0, 0.1) is 0 Å². The molecule has 0 saturated carbocycles. The molecule has 0 aliphatic rings. The summed E-state index contributed by atoms with van der Waals surface area (Å²) >= 11 is 0. The number of ether oxygens (including phenoxy) is 1. The highest BCUT2D eigenvalue weighted by Gasteiger charge is 2.18. The van der Waals surface area contributed by atoms with E-state index in [1.165, 1.54) is 12.1 Å². The van der Waals surface area contributed by atoms with E-state index in [0.717, 1.165) is 0 Å².